The number of hydrogen-bond acceptors (Lipinski definition) is 4. The Morgan fingerprint density at radius 2 is 2.05 bits per heavy atom. The van der Waals surface area contributed by atoms with E-state index in [1.54, 1.807) is 24.3 Å². The standard InChI is InChI=1S/C15H18FN3O2/c1-15(2,3)12-8-14(21-19-12)18-13(20)9-17-11-7-5-4-6-10(11)16/h4-8,17H,9H2,1-3H3,(H,18,20). The van der Waals surface area contributed by atoms with E-state index in [0.29, 0.717) is 0 Å². The Morgan fingerprint density at radius 3 is 2.67 bits per heavy atom. The minimum Gasteiger partial charge on any atom is -0.374 e. The first kappa shape index (κ1) is 15.0. The number of aromatic nitrogens is 1. The molecule has 5 nitrogen and oxygen atoms in total. The molecule has 0 unspecified atom stereocenters. The molecule has 0 spiro atoms. The summed E-state index contributed by atoms with van der Waals surface area (Å²) in [5.41, 5.74) is 0.873. The normalized spacial score (nSPS) is 11.2. The molecule has 0 fully saturated rings. The maximum atomic E-state index is 13.4. The fourth-order valence-corrected chi connectivity index (χ4v) is 1.65. The lowest BCUT2D eigenvalue weighted by molar-refractivity contribution is -0.114. The third-order valence-electron chi connectivity index (χ3n) is 2.85. The van der Waals surface area contributed by atoms with E-state index < -0.39 is 5.82 Å². The fourth-order valence-electron chi connectivity index (χ4n) is 1.65. The van der Waals surface area contributed by atoms with E-state index in [1.807, 2.05) is 20.8 Å². The summed E-state index contributed by atoms with van der Waals surface area (Å²) in [5, 5.41) is 9.19. The molecule has 0 bridgehead atoms. The number of amides is 1. The Morgan fingerprint density at radius 1 is 1.33 bits per heavy atom. The summed E-state index contributed by atoms with van der Waals surface area (Å²) in [6.45, 7) is 5.93. The lowest BCUT2D eigenvalue weighted by Gasteiger charge is -2.12. The first-order valence-electron chi connectivity index (χ1n) is 6.62. The van der Waals surface area contributed by atoms with Gasteiger partial charge in [-0.05, 0) is 12.1 Å². The second kappa shape index (κ2) is 5.95. The third kappa shape index (κ3) is 4.05. The molecule has 0 aliphatic heterocycles. The monoisotopic (exact) mass is 291 g/mol. The minimum absolute atomic E-state index is 0.0630. The van der Waals surface area contributed by atoms with E-state index in [2.05, 4.69) is 15.8 Å². The van der Waals surface area contributed by atoms with Crippen LogP contribution in [0.5, 0.6) is 0 Å². The first-order chi connectivity index (χ1) is 9.86. The zero-order valence-electron chi connectivity index (χ0n) is 12.2. The van der Waals surface area contributed by atoms with Crippen LogP contribution >= 0.6 is 0 Å². The van der Waals surface area contributed by atoms with Gasteiger partial charge in [-0.25, -0.2) is 4.39 Å². The van der Waals surface area contributed by atoms with Crippen molar-refractivity contribution in [1.29, 1.82) is 0 Å². The quantitative estimate of drug-likeness (QED) is 0.908. The van der Waals surface area contributed by atoms with Gasteiger partial charge in [-0.2, -0.15) is 0 Å². The van der Waals surface area contributed by atoms with Crippen molar-refractivity contribution < 1.29 is 13.7 Å². The summed E-state index contributed by atoms with van der Waals surface area (Å²) >= 11 is 0. The van der Waals surface area contributed by atoms with Crippen LogP contribution in [0.2, 0.25) is 0 Å². The molecule has 2 rings (SSSR count). The van der Waals surface area contributed by atoms with E-state index in [1.165, 1.54) is 6.07 Å². The smallest absolute Gasteiger partial charge is 0.246 e. The molecule has 1 aromatic heterocycles. The van der Waals surface area contributed by atoms with E-state index in [0.717, 1.165) is 5.69 Å². The third-order valence-corrected chi connectivity index (χ3v) is 2.85. The molecule has 6 heteroatoms. The Bertz CT molecular complexity index is 632. The van der Waals surface area contributed by atoms with Gasteiger partial charge in [0.25, 0.3) is 0 Å². The predicted octanol–water partition coefficient (Wildman–Crippen LogP) is 3.16. The first-order valence-corrected chi connectivity index (χ1v) is 6.62. The van der Waals surface area contributed by atoms with Crippen molar-refractivity contribution in [2.45, 2.75) is 26.2 Å². The minimum atomic E-state index is -0.403. The van der Waals surface area contributed by atoms with Crippen LogP contribution in [0.1, 0.15) is 26.5 Å². The molecule has 0 radical (unpaired) electrons. The maximum absolute atomic E-state index is 13.4. The van der Waals surface area contributed by atoms with Crippen LogP contribution in [0.4, 0.5) is 16.0 Å². The summed E-state index contributed by atoms with van der Waals surface area (Å²) in [6, 6.07) is 7.85. The summed E-state index contributed by atoms with van der Waals surface area (Å²) in [7, 11) is 0. The second-order valence-electron chi connectivity index (χ2n) is 5.71. The summed E-state index contributed by atoms with van der Waals surface area (Å²) < 4.78 is 18.4. The molecule has 0 aliphatic carbocycles. The van der Waals surface area contributed by atoms with E-state index in [-0.39, 0.29) is 29.4 Å². The molecule has 112 valence electrons. The van der Waals surface area contributed by atoms with Gasteiger partial charge in [-0.3, -0.25) is 10.1 Å². The van der Waals surface area contributed by atoms with Gasteiger partial charge < -0.3 is 9.84 Å². The molecule has 0 atom stereocenters. The van der Waals surface area contributed by atoms with Crippen molar-refractivity contribution >= 4 is 17.5 Å². The predicted molar refractivity (Wildman–Crippen MR) is 78.7 cm³/mol. The Labute approximate surface area is 122 Å². The molecule has 2 N–H and O–H groups in total. The van der Waals surface area contributed by atoms with Crippen molar-refractivity contribution in [3.05, 3.63) is 41.8 Å². The number of carbonyl (C=O) groups excluding carboxylic acids is 1. The highest BCUT2D eigenvalue weighted by Crippen LogP contribution is 2.23. The Hall–Kier alpha value is -2.37. The van der Waals surface area contributed by atoms with Crippen LogP contribution in [0, 0.1) is 5.82 Å². The van der Waals surface area contributed by atoms with Crippen molar-refractivity contribution in [2.75, 3.05) is 17.2 Å². The SMILES string of the molecule is CC(C)(C)c1cc(NC(=O)CNc2ccccc2F)on1. The van der Waals surface area contributed by atoms with E-state index >= 15 is 0 Å². The lowest BCUT2D eigenvalue weighted by atomic mass is 9.92. The second-order valence-corrected chi connectivity index (χ2v) is 5.71. The summed E-state index contributed by atoms with van der Waals surface area (Å²) in [5.74, 6) is -0.463. The van der Waals surface area contributed by atoms with Gasteiger partial charge in [0.05, 0.1) is 17.9 Å². The van der Waals surface area contributed by atoms with Crippen molar-refractivity contribution in [3.63, 3.8) is 0 Å². The zero-order valence-corrected chi connectivity index (χ0v) is 12.2. The fraction of sp³-hybridized carbons (Fsp3) is 0.333. The number of para-hydroxylation sites is 1. The number of carbonyl (C=O) groups is 1. The van der Waals surface area contributed by atoms with Gasteiger partial charge in [0.2, 0.25) is 11.8 Å². The highest BCUT2D eigenvalue weighted by Gasteiger charge is 2.19. The average molecular weight is 291 g/mol. The van der Waals surface area contributed by atoms with Crippen LogP contribution in [-0.4, -0.2) is 17.6 Å². The van der Waals surface area contributed by atoms with Crippen LogP contribution in [-0.2, 0) is 10.2 Å². The lowest BCUT2D eigenvalue weighted by Crippen LogP contribution is -2.21. The number of rotatable bonds is 4. The number of halogens is 1. The van der Waals surface area contributed by atoms with Crippen molar-refractivity contribution in [3.8, 4) is 0 Å². The van der Waals surface area contributed by atoms with Crippen molar-refractivity contribution in [2.24, 2.45) is 0 Å². The Kier molecular flexibility index (Phi) is 4.26. The summed E-state index contributed by atoms with van der Waals surface area (Å²) in [6.07, 6.45) is 0. The Balaban J connectivity index is 1.90. The highest BCUT2D eigenvalue weighted by atomic mass is 19.1. The van der Waals surface area contributed by atoms with Crippen LogP contribution in [0.15, 0.2) is 34.9 Å². The van der Waals surface area contributed by atoms with Gasteiger partial charge in [0.15, 0.2) is 0 Å². The molecule has 0 saturated carbocycles. The van der Waals surface area contributed by atoms with Gasteiger partial charge in [-0.15, -0.1) is 0 Å². The van der Waals surface area contributed by atoms with Gasteiger partial charge in [-0.1, -0.05) is 38.1 Å². The van der Waals surface area contributed by atoms with Gasteiger partial charge in [0.1, 0.15) is 5.82 Å². The molecule has 21 heavy (non-hydrogen) atoms. The van der Waals surface area contributed by atoms with Crippen molar-refractivity contribution in [1.82, 2.24) is 5.16 Å². The number of benzene rings is 1. The molecule has 1 amide bonds. The van der Waals surface area contributed by atoms with Crippen LogP contribution < -0.4 is 10.6 Å². The summed E-state index contributed by atoms with van der Waals surface area (Å²) in [4.78, 5) is 11.8. The molecule has 0 saturated heterocycles. The number of hydrogen-bond donors (Lipinski definition) is 2. The van der Waals surface area contributed by atoms with E-state index in [9.17, 15) is 9.18 Å². The average Bonchev–Trinajstić information content (AvgIpc) is 2.86. The van der Waals surface area contributed by atoms with Gasteiger partial charge in [0, 0.05) is 11.5 Å². The molecule has 1 heterocycles. The van der Waals surface area contributed by atoms with Gasteiger partial charge >= 0.3 is 0 Å². The molecule has 2 aromatic rings. The molecule has 0 aliphatic rings. The van der Waals surface area contributed by atoms with E-state index in [4.69, 9.17) is 4.52 Å². The molecular weight excluding hydrogens is 273 g/mol. The number of nitrogens with zero attached hydrogens (tertiary/aromatic N) is 1. The number of anilines is 2. The highest BCUT2D eigenvalue weighted by molar-refractivity contribution is 5.92. The van der Waals surface area contributed by atoms with Crippen LogP contribution in [0.3, 0.4) is 0 Å². The number of nitrogens with one attached hydrogen (secondary N) is 2. The molecular formula is C15H18FN3O2. The van der Waals surface area contributed by atoms with Crippen LogP contribution in [0.25, 0.3) is 0 Å². The topological polar surface area (TPSA) is 67.2 Å². The largest absolute Gasteiger partial charge is 0.374 e. The molecule has 1 aromatic carbocycles. The zero-order chi connectivity index (χ0) is 15.5. The maximum Gasteiger partial charge on any atom is 0.246 e.